The lowest BCUT2D eigenvalue weighted by atomic mass is 10.1. The van der Waals surface area contributed by atoms with Crippen LogP contribution in [0.3, 0.4) is 0 Å². The monoisotopic (exact) mass is 722 g/mol. The molecule has 1 atom stereocenters. The van der Waals surface area contributed by atoms with Crippen molar-refractivity contribution in [2.75, 3.05) is 42.5 Å². The summed E-state index contributed by atoms with van der Waals surface area (Å²) in [5.74, 6) is 0.214. The number of aromatic nitrogens is 1. The molecule has 53 heavy (non-hydrogen) atoms. The minimum Gasteiger partial charge on any atom is -0.457 e. The molecule has 0 aliphatic carbocycles. The van der Waals surface area contributed by atoms with Gasteiger partial charge in [0, 0.05) is 68.0 Å². The summed E-state index contributed by atoms with van der Waals surface area (Å²) in [5.41, 5.74) is 3.18. The van der Waals surface area contributed by atoms with Gasteiger partial charge in [0.2, 0.25) is 5.91 Å². The highest BCUT2D eigenvalue weighted by Gasteiger charge is 2.30. The summed E-state index contributed by atoms with van der Waals surface area (Å²) in [6, 6.07) is 28.0. The van der Waals surface area contributed by atoms with Crippen LogP contribution in [0.25, 0.3) is 10.8 Å². The Hall–Kier alpha value is -5.95. The number of carbonyl (C=O) groups is 3. The van der Waals surface area contributed by atoms with Crippen molar-refractivity contribution in [3.05, 3.63) is 126 Å². The maximum absolute atomic E-state index is 13.3. The van der Waals surface area contributed by atoms with Crippen LogP contribution in [0.2, 0.25) is 0 Å². The van der Waals surface area contributed by atoms with Crippen LogP contribution in [0.15, 0.2) is 103 Å². The molecule has 0 unspecified atom stereocenters. The molecule has 0 bridgehead atoms. The molecule has 2 aliphatic heterocycles. The number of carbonyl (C=O) groups excluding carboxylic acids is 3. The first-order valence-electron chi connectivity index (χ1n) is 17.3. The van der Waals surface area contributed by atoms with E-state index < -0.39 is 17.8 Å². The van der Waals surface area contributed by atoms with E-state index in [1.807, 2.05) is 55.5 Å². The molecule has 13 heteroatoms. The lowest BCUT2D eigenvalue weighted by molar-refractivity contribution is -0.137. The number of hydrogen-bond donors (Lipinski definition) is 2. The van der Waals surface area contributed by atoms with Crippen LogP contribution in [0.5, 0.6) is 11.5 Å². The van der Waals surface area contributed by atoms with Gasteiger partial charge in [-0.05, 0) is 97.2 Å². The van der Waals surface area contributed by atoms with Crippen LogP contribution in [-0.4, -0.2) is 60.5 Å². The fraction of sp³-hybridized carbons (Fsp3) is 0.250. The number of ether oxygens (including phenoxy) is 1. The second-order valence-electron chi connectivity index (χ2n) is 13.1. The van der Waals surface area contributed by atoms with Gasteiger partial charge in [-0.15, -0.1) is 0 Å². The van der Waals surface area contributed by atoms with Gasteiger partial charge >= 0.3 is 12.2 Å². The van der Waals surface area contributed by atoms with Crippen molar-refractivity contribution in [3.8, 4) is 11.5 Å². The predicted molar refractivity (Wildman–Crippen MR) is 195 cm³/mol. The summed E-state index contributed by atoms with van der Waals surface area (Å²) < 4.78 is 44.8. The largest absolute Gasteiger partial charge is 0.457 e. The number of nitrogens with one attached hydrogen (secondary N) is 2. The lowest BCUT2D eigenvalue weighted by Crippen LogP contribution is -2.49. The van der Waals surface area contributed by atoms with Gasteiger partial charge in [0.05, 0.1) is 23.0 Å². The highest BCUT2D eigenvalue weighted by Crippen LogP contribution is 2.34. The van der Waals surface area contributed by atoms with Crippen molar-refractivity contribution in [1.82, 2.24) is 20.5 Å². The van der Waals surface area contributed by atoms with Gasteiger partial charge in [-0.1, -0.05) is 18.2 Å². The highest BCUT2D eigenvalue weighted by atomic mass is 19.4. The minimum atomic E-state index is -4.43. The van der Waals surface area contributed by atoms with E-state index in [1.54, 1.807) is 35.2 Å². The van der Waals surface area contributed by atoms with E-state index in [1.165, 1.54) is 12.1 Å². The van der Waals surface area contributed by atoms with Gasteiger partial charge in [-0.2, -0.15) is 13.2 Å². The molecular weight excluding hydrogens is 685 g/mol. The van der Waals surface area contributed by atoms with E-state index in [-0.39, 0.29) is 30.0 Å². The van der Waals surface area contributed by atoms with Gasteiger partial charge in [0.1, 0.15) is 11.5 Å². The van der Waals surface area contributed by atoms with Crippen molar-refractivity contribution >= 4 is 40.0 Å². The van der Waals surface area contributed by atoms with Crippen LogP contribution in [0, 0.1) is 0 Å². The van der Waals surface area contributed by atoms with E-state index in [0.717, 1.165) is 66.5 Å². The maximum atomic E-state index is 13.3. The second-order valence-corrected chi connectivity index (χ2v) is 13.1. The van der Waals surface area contributed by atoms with Crippen molar-refractivity contribution in [2.45, 2.75) is 32.1 Å². The molecular formula is C40H37F3N6O4. The number of halogens is 3. The number of rotatable bonds is 9. The Bertz CT molecular complexity index is 2130. The van der Waals surface area contributed by atoms with Crippen molar-refractivity contribution in [2.24, 2.45) is 0 Å². The summed E-state index contributed by atoms with van der Waals surface area (Å²) in [7, 11) is 0. The molecule has 2 N–H and O–H groups in total. The third-order valence-electron chi connectivity index (χ3n) is 9.47. The molecule has 0 saturated carbocycles. The average Bonchev–Trinajstić information content (AvgIpc) is 3.15. The standard InChI is InChI=1S/C40H37F3N6O4/c1-26(44-38(51)28-8-17-34-27(24-28)4-2-7-36(34)53-33-15-9-29(10-16-33)40(41,42)43)35-6-3-5-30(45-35)25-47-20-22-48(23-21-47)31-11-13-32(14-12-31)49-19-18-37(50)46-39(49)52/h2-17,24,26H,18-23,25H2,1H3,(H,44,51)(H,46,50,52)/t26-/m0/s1. The Labute approximate surface area is 304 Å². The average molecular weight is 723 g/mol. The molecule has 1 aromatic heterocycles. The van der Waals surface area contributed by atoms with E-state index in [9.17, 15) is 27.6 Å². The van der Waals surface area contributed by atoms with Crippen LogP contribution in [0.1, 0.15) is 46.7 Å². The number of anilines is 2. The summed E-state index contributed by atoms with van der Waals surface area (Å²) in [4.78, 5) is 48.1. The number of fused-ring (bicyclic) bond motifs is 1. The van der Waals surface area contributed by atoms with Gasteiger partial charge < -0.3 is 15.0 Å². The summed E-state index contributed by atoms with van der Waals surface area (Å²) in [6.07, 6.45) is -4.14. The van der Waals surface area contributed by atoms with Gasteiger partial charge in [0.15, 0.2) is 0 Å². The first-order valence-corrected chi connectivity index (χ1v) is 17.3. The molecule has 4 amide bonds. The molecule has 5 aromatic rings. The molecule has 4 aromatic carbocycles. The lowest BCUT2D eigenvalue weighted by Gasteiger charge is -2.36. The number of imide groups is 1. The molecule has 272 valence electrons. The van der Waals surface area contributed by atoms with Crippen molar-refractivity contribution in [1.29, 1.82) is 0 Å². The number of hydrogen-bond acceptors (Lipinski definition) is 7. The van der Waals surface area contributed by atoms with Crippen LogP contribution in [0.4, 0.5) is 29.3 Å². The minimum absolute atomic E-state index is 0.254. The van der Waals surface area contributed by atoms with E-state index in [4.69, 9.17) is 9.72 Å². The third-order valence-corrected chi connectivity index (χ3v) is 9.47. The molecule has 0 radical (unpaired) electrons. The fourth-order valence-corrected chi connectivity index (χ4v) is 6.55. The van der Waals surface area contributed by atoms with Crippen molar-refractivity contribution in [3.63, 3.8) is 0 Å². The number of alkyl halides is 3. The number of benzene rings is 4. The van der Waals surface area contributed by atoms with Crippen LogP contribution >= 0.6 is 0 Å². The summed E-state index contributed by atoms with van der Waals surface area (Å²) >= 11 is 0. The van der Waals surface area contributed by atoms with Crippen LogP contribution in [-0.2, 0) is 17.5 Å². The van der Waals surface area contributed by atoms with Gasteiger partial charge in [0.25, 0.3) is 5.91 Å². The number of amides is 4. The summed E-state index contributed by atoms with van der Waals surface area (Å²) in [5, 5.41) is 6.87. The van der Waals surface area contributed by atoms with E-state index >= 15 is 0 Å². The Morgan fingerprint density at radius 1 is 0.868 bits per heavy atom. The zero-order chi connectivity index (χ0) is 37.1. The number of urea groups is 1. The number of nitrogens with zero attached hydrogens (tertiary/aromatic N) is 4. The molecule has 10 nitrogen and oxygen atoms in total. The second kappa shape index (κ2) is 15.0. The Kier molecular flexibility index (Phi) is 10.0. The normalized spacial score (nSPS) is 16.0. The molecule has 2 saturated heterocycles. The maximum Gasteiger partial charge on any atom is 0.416 e. The molecule has 3 heterocycles. The third kappa shape index (κ3) is 8.25. The SMILES string of the molecule is C[C@H](NC(=O)c1ccc2c(Oc3ccc(C(F)(F)F)cc3)cccc2c1)c1cccc(CN2CCN(c3ccc(N4CCC(=O)NC4=O)cc3)CC2)n1. The van der Waals surface area contributed by atoms with E-state index in [0.29, 0.717) is 29.8 Å². The topological polar surface area (TPSA) is 107 Å². The highest BCUT2D eigenvalue weighted by molar-refractivity contribution is 6.05. The van der Waals surface area contributed by atoms with Gasteiger partial charge in [-0.3, -0.25) is 29.7 Å². The molecule has 7 rings (SSSR count). The van der Waals surface area contributed by atoms with Crippen LogP contribution < -0.4 is 25.2 Å². The van der Waals surface area contributed by atoms with Crippen molar-refractivity contribution < 1.29 is 32.3 Å². The summed E-state index contributed by atoms with van der Waals surface area (Å²) in [6.45, 7) is 6.28. The molecule has 2 fully saturated rings. The number of pyridine rings is 1. The van der Waals surface area contributed by atoms with Gasteiger partial charge in [-0.25, -0.2) is 4.79 Å². The smallest absolute Gasteiger partial charge is 0.416 e. The molecule has 0 spiro atoms. The zero-order valence-electron chi connectivity index (χ0n) is 28.9. The Morgan fingerprint density at radius 2 is 1.58 bits per heavy atom. The first-order chi connectivity index (χ1) is 25.5. The zero-order valence-corrected chi connectivity index (χ0v) is 28.9. The van der Waals surface area contributed by atoms with E-state index in [2.05, 4.69) is 20.4 Å². The Balaban J connectivity index is 0.927. The quantitative estimate of drug-likeness (QED) is 0.164. The first kappa shape index (κ1) is 35.5. The predicted octanol–water partition coefficient (Wildman–Crippen LogP) is 7.31. The fourth-order valence-electron chi connectivity index (χ4n) is 6.55. The molecule has 2 aliphatic rings. The Morgan fingerprint density at radius 3 is 2.30 bits per heavy atom. The number of piperazine rings is 1.